The Bertz CT molecular complexity index is 229. The molecular weight excluding hydrogens is 166 g/mol. The molecule has 0 saturated heterocycles. The van der Waals surface area contributed by atoms with Gasteiger partial charge in [0.25, 0.3) is 0 Å². The van der Waals surface area contributed by atoms with E-state index in [0.29, 0.717) is 6.61 Å². The minimum Gasteiger partial charge on any atom is -0.466 e. The monoisotopic (exact) mass is 183 g/mol. The molecule has 2 aliphatic rings. The zero-order chi connectivity index (χ0) is 9.53. The van der Waals surface area contributed by atoms with Gasteiger partial charge in [0, 0.05) is 5.54 Å². The Labute approximate surface area is 78.6 Å². The summed E-state index contributed by atoms with van der Waals surface area (Å²) in [5, 5.41) is 0. The van der Waals surface area contributed by atoms with Crippen molar-refractivity contribution in [2.45, 2.75) is 44.6 Å². The standard InChI is InChI=1S/C10H17NO2/c1-2-13-8(12)9-3-5-10(11,7-9)6-4-9/h2-7,11H2,1H3. The van der Waals surface area contributed by atoms with Crippen LogP contribution in [0.3, 0.4) is 0 Å². The molecule has 0 heterocycles. The van der Waals surface area contributed by atoms with Crippen molar-refractivity contribution in [1.29, 1.82) is 0 Å². The van der Waals surface area contributed by atoms with E-state index in [9.17, 15) is 4.79 Å². The molecule has 2 bridgehead atoms. The van der Waals surface area contributed by atoms with Crippen LogP contribution < -0.4 is 5.73 Å². The maximum absolute atomic E-state index is 11.7. The van der Waals surface area contributed by atoms with E-state index in [1.165, 1.54) is 0 Å². The molecule has 0 unspecified atom stereocenters. The second kappa shape index (κ2) is 2.71. The quantitative estimate of drug-likeness (QED) is 0.655. The molecule has 2 aliphatic carbocycles. The van der Waals surface area contributed by atoms with Gasteiger partial charge in [0.2, 0.25) is 0 Å². The zero-order valence-electron chi connectivity index (χ0n) is 8.14. The number of rotatable bonds is 2. The third-order valence-corrected chi connectivity index (χ3v) is 3.60. The Hall–Kier alpha value is -0.570. The van der Waals surface area contributed by atoms with Crippen LogP contribution in [0.25, 0.3) is 0 Å². The lowest BCUT2D eigenvalue weighted by atomic mass is 9.84. The van der Waals surface area contributed by atoms with Crippen LogP contribution in [-0.4, -0.2) is 18.1 Å². The number of hydrogen-bond acceptors (Lipinski definition) is 3. The maximum Gasteiger partial charge on any atom is 0.312 e. The van der Waals surface area contributed by atoms with Crippen LogP contribution in [0.5, 0.6) is 0 Å². The van der Waals surface area contributed by atoms with E-state index in [4.69, 9.17) is 10.5 Å². The van der Waals surface area contributed by atoms with Crippen LogP contribution in [0, 0.1) is 5.41 Å². The molecule has 0 aromatic heterocycles. The van der Waals surface area contributed by atoms with Gasteiger partial charge in [-0.15, -0.1) is 0 Å². The summed E-state index contributed by atoms with van der Waals surface area (Å²) < 4.78 is 5.10. The number of hydrogen-bond donors (Lipinski definition) is 1. The van der Waals surface area contributed by atoms with Gasteiger partial charge in [0.1, 0.15) is 0 Å². The largest absolute Gasteiger partial charge is 0.466 e. The lowest BCUT2D eigenvalue weighted by Crippen LogP contribution is -2.33. The van der Waals surface area contributed by atoms with Crippen molar-refractivity contribution in [2.75, 3.05) is 6.61 Å². The topological polar surface area (TPSA) is 52.3 Å². The van der Waals surface area contributed by atoms with Crippen molar-refractivity contribution < 1.29 is 9.53 Å². The summed E-state index contributed by atoms with van der Waals surface area (Å²) >= 11 is 0. The minimum atomic E-state index is -0.204. The Balaban J connectivity index is 2.11. The van der Waals surface area contributed by atoms with E-state index < -0.39 is 0 Å². The zero-order valence-corrected chi connectivity index (χ0v) is 8.14. The number of fused-ring (bicyclic) bond motifs is 2. The lowest BCUT2D eigenvalue weighted by Gasteiger charge is -2.23. The third-order valence-electron chi connectivity index (χ3n) is 3.60. The van der Waals surface area contributed by atoms with Crippen LogP contribution in [0.4, 0.5) is 0 Å². The van der Waals surface area contributed by atoms with Gasteiger partial charge in [0.15, 0.2) is 0 Å². The molecule has 2 N–H and O–H groups in total. The predicted octanol–water partition coefficient (Wildman–Crippen LogP) is 1.21. The summed E-state index contributed by atoms with van der Waals surface area (Å²) in [4.78, 5) is 11.7. The molecule has 0 aromatic rings. The average molecular weight is 183 g/mol. The maximum atomic E-state index is 11.7. The molecule has 2 fully saturated rings. The number of carbonyl (C=O) groups excluding carboxylic acids is 1. The molecule has 0 aromatic carbocycles. The predicted molar refractivity (Wildman–Crippen MR) is 49.1 cm³/mol. The van der Waals surface area contributed by atoms with Crippen molar-refractivity contribution in [3.63, 3.8) is 0 Å². The van der Waals surface area contributed by atoms with Crippen LogP contribution in [0.2, 0.25) is 0 Å². The molecule has 0 atom stereocenters. The van der Waals surface area contributed by atoms with Gasteiger partial charge >= 0.3 is 5.97 Å². The normalized spacial score (nSPS) is 42.3. The SMILES string of the molecule is CCOC(=O)C12CCC(N)(CC1)C2. The van der Waals surface area contributed by atoms with Crippen molar-refractivity contribution in [3.8, 4) is 0 Å². The van der Waals surface area contributed by atoms with E-state index in [1.807, 2.05) is 6.92 Å². The smallest absolute Gasteiger partial charge is 0.312 e. The second-order valence-corrected chi connectivity index (χ2v) is 4.54. The fourth-order valence-corrected chi connectivity index (χ4v) is 2.81. The molecule has 3 nitrogen and oxygen atoms in total. The second-order valence-electron chi connectivity index (χ2n) is 4.54. The van der Waals surface area contributed by atoms with Crippen LogP contribution >= 0.6 is 0 Å². The summed E-state index contributed by atoms with van der Waals surface area (Å²) in [6, 6.07) is 0. The molecule has 13 heavy (non-hydrogen) atoms. The highest BCUT2D eigenvalue weighted by Crippen LogP contribution is 2.55. The lowest BCUT2D eigenvalue weighted by molar-refractivity contribution is -0.154. The van der Waals surface area contributed by atoms with Gasteiger partial charge in [-0.1, -0.05) is 0 Å². The van der Waals surface area contributed by atoms with Crippen molar-refractivity contribution in [1.82, 2.24) is 0 Å². The third kappa shape index (κ3) is 1.26. The summed E-state index contributed by atoms with van der Waals surface area (Å²) in [5.74, 6) is -0.0141. The molecule has 3 heteroatoms. The first-order valence-corrected chi connectivity index (χ1v) is 5.06. The molecular formula is C10H17NO2. The summed E-state index contributed by atoms with van der Waals surface area (Å²) in [6.07, 6.45) is 4.70. The highest BCUT2D eigenvalue weighted by molar-refractivity contribution is 5.78. The van der Waals surface area contributed by atoms with Crippen molar-refractivity contribution >= 4 is 5.97 Å². The molecule has 0 aliphatic heterocycles. The highest BCUT2D eigenvalue weighted by Gasteiger charge is 2.57. The molecule has 2 rings (SSSR count). The van der Waals surface area contributed by atoms with E-state index in [2.05, 4.69) is 0 Å². The molecule has 0 amide bonds. The summed E-state index contributed by atoms with van der Waals surface area (Å²) in [6.45, 7) is 2.34. The molecule has 2 saturated carbocycles. The number of ether oxygens (including phenoxy) is 1. The van der Waals surface area contributed by atoms with Crippen molar-refractivity contribution in [3.05, 3.63) is 0 Å². The van der Waals surface area contributed by atoms with Gasteiger partial charge < -0.3 is 10.5 Å². The summed E-state index contributed by atoms with van der Waals surface area (Å²) in [7, 11) is 0. The van der Waals surface area contributed by atoms with Crippen LogP contribution in [0.1, 0.15) is 39.0 Å². The number of nitrogens with two attached hydrogens (primary N) is 1. The average Bonchev–Trinajstić information content (AvgIpc) is 2.59. The highest BCUT2D eigenvalue weighted by atomic mass is 16.5. The Morgan fingerprint density at radius 2 is 2.00 bits per heavy atom. The van der Waals surface area contributed by atoms with E-state index in [-0.39, 0.29) is 16.9 Å². The van der Waals surface area contributed by atoms with Gasteiger partial charge in [-0.3, -0.25) is 4.79 Å². The molecule has 0 spiro atoms. The van der Waals surface area contributed by atoms with Crippen LogP contribution in [0.15, 0.2) is 0 Å². The van der Waals surface area contributed by atoms with Gasteiger partial charge in [0.05, 0.1) is 12.0 Å². The Morgan fingerprint density at radius 3 is 2.38 bits per heavy atom. The fraction of sp³-hybridized carbons (Fsp3) is 0.900. The van der Waals surface area contributed by atoms with E-state index in [0.717, 1.165) is 32.1 Å². The fourth-order valence-electron chi connectivity index (χ4n) is 2.81. The number of esters is 1. The van der Waals surface area contributed by atoms with Gasteiger partial charge in [-0.2, -0.15) is 0 Å². The van der Waals surface area contributed by atoms with Gasteiger partial charge in [-0.05, 0) is 39.0 Å². The number of carbonyl (C=O) groups is 1. The van der Waals surface area contributed by atoms with Crippen LogP contribution in [-0.2, 0) is 9.53 Å². The van der Waals surface area contributed by atoms with Gasteiger partial charge in [-0.25, -0.2) is 0 Å². The first kappa shape index (κ1) is 9.00. The first-order chi connectivity index (χ1) is 6.10. The van der Waals surface area contributed by atoms with Crippen molar-refractivity contribution in [2.24, 2.45) is 11.1 Å². The van der Waals surface area contributed by atoms with E-state index in [1.54, 1.807) is 0 Å². The summed E-state index contributed by atoms with van der Waals surface area (Å²) in [5.41, 5.74) is 5.86. The van der Waals surface area contributed by atoms with E-state index >= 15 is 0 Å². The first-order valence-electron chi connectivity index (χ1n) is 5.06. The Kier molecular flexibility index (Phi) is 1.88. The minimum absolute atomic E-state index is 0.0141. The Morgan fingerprint density at radius 1 is 1.38 bits per heavy atom. The molecule has 0 radical (unpaired) electrons. The molecule has 74 valence electrons.